The molecule has 0 amide bonds. The lowest BCUT2D eigenvalue weighted by molar-refractivity contribution is 0.471. The third-order valence-corrected chi connectivity index (χ3v) is 2.57. The Morgan fingerprint density at radius 3 is 3.07 bits per heavy atom. The number of pyridine rings is 1. The second-order valence-electron chi connectivity index (χ2n) is 3.75. The maximum Gasteiger partial charge on any atom is 0.132 e. The highest BCUT2D eigenvalue weighted by Crippen LogP contribution is 2.14. The van der Waals surface area contributed by atoms with Gasteiger partial charge in [-0.15, -0.1) is 0 Å². The summed E-state index contributed by atoms with van der Waals surface area (Å²) in [5, 5.41) is 12.6. The summed E-state index contributed by atoms with van der Waals surface area (Å²) in [6.07, 6.45) is 4.35. The normalized spacial score (nSPS) is 13.2. The van der Waals surface area contributed by atoms with Gasteiger partial charge in [0.25, 0.3) is 0 Å². The van der Waals surface area contributed by atoms with Gasteiger partial charge in [0.1, 0.15) is 11.6 Å². The Morgan fingerprint density at radius 1 is 1.53 bits per heavy atom. The minimum absolute atomic E-state index is 0.263. The van der Waals surface area contributed by atoms with E-state index in [1.807, 2.05) is 23.7 Å². The maximum absolute atomic E-state index is 9.40. The molecule has 80 valence electrons. The van der Waals surface area contributed by atoms with Crippen LogP contribution in [0, 0.1) is 0 Å². The van der Waals surface area contributed by atoms with Gasteiger partial charge in [-0.1, -0.05) is 0 Å². The van der Waals surface area contributed by atoms with E-state index in [-0.39, 0.29) is 5.75 Å². The topological polar surface area (TPSA) is 49.6 Å². The molecule has 0 saturated carbocycles. The zero-order valence-electron chi connectivity index (χ0n) is 8.94. The molecular formula is C11H15N3O. The summed E-state index contributed by atoms with van der Waals surface area (Å²) in [7, 11) is 1.93. The molecule has 2 heterocycles. The van der Waals surface area contributed by atoms with Crippen LogP contribution in [-0.2, 0) is 6.42 Å². The van der Waals surface area contributed by atoms with Crippen molar-refractivity contribution in [1.29, 1.82) is 0 Å². The standard InChI is InChI=1S/C11H15N3O/c1-8(12-2)5-11-13-6-9-3-4-10(15)7-14(9)11/h3-4,6-8,12,15H,5H2,1-2H3. The number of hydrogen-bond acceptors (Lipinski definition) is 3. The Balaban J connectivity index is 2.39. The number of fused-ring (bicyclic) bond motifs is 1. The van der Waals surface area contributed by atoms with Crippen molar-refractivity contribution in [2.24, 2.45) is 0 Å². The van der Waals surface area contributed by atoms with Crippen molar-refractivity contribution in [2.45, 2.75) is 19.4 Å². The first kappa shape index (κ1) is 9.98. The average Bonchev–Trinajstić information content (AvgIpc) is 2.61. The molecule has 0 aliphatic heterocycles. The molecule has 0 radical (unpaired) electrons. The maximum atomic E-state index is 9.40. The zero-order chi connectivity index (χ0) is 10.8. The lowest BCUT2D eigenvalue weighted by Gasteiger charge is -2.08. The SMILES string of the molecule is CNC(C)Cc1ncc2ccc(O)cn12. The van der Waals surface area contributed by atoms with Gasteiger partial charge in [-0.25, -0.2) is 4.98 Å². The smallest absolute Gasteiger partial charge is 0.132 e. The fourth-order valence-electron chi connectivity index (χ4n) is 1.56. The summed E-state index contributed by atoms with van der Waals surface area (Å²) >= 11 is 0. The van der Waals surface area contributed by atoms with Crippen LogP contribution in [0.1, 0.15) is 12.7 Å². The van der Waals surface area contributed by atoms with E-state index < -0.39 is 0 Å². The lowest BCUT2D eigenvalue weighted by Crippen LogP contribution is -2.24. The Labute approximate surface area is 88.6 Å². The van der Waals surface area contributed by atoms with Gasteiger partial charge >= 0.3 is 0 Å². The molecule has 2 aromatic heterocycles. The molecule has 0 aliphatic carbocycles. The van der Waals surface area contributed by atoms with Gasteiger partial charge in [0.2, 0.25) is 0 Å². The van der Waals surface area contributed by atoms with Crippen LogP contribution >= 0.6 is 0 Å². The molecule has 4 heteroatoms. The predicted octanol–water partition coefficient (Wildman–Crippen LogP) is 1.19. The first-order chi connectivity index (χ1) is 7.20. The van der Waals surface area contributed by atoms with Crippen molar-refractivity contribution in [2.75, 3.05) is 7.05 Å². The van der Waals surface area contributed by atoms with Crippen LogP contribution in [0.15, 0.2) is 24.5 Å². The number of nitrogens with zero attached hydrogens (tertiary/aromatic N) is 2. The van der Waals surface area contributed by atoms with E-state index in [1.54, 1.807) is 12.3 Å². The lowest BCUT2D eigenvalue weighted by atomic mass is 10.2. The van der Waals surface area contributed by atoms with Crippen molar-refractivity contribution in [3.63, 3.8) is 0 Å². The van der Waals surface area contributed by atoms with E-state index >= 15 is 0 Å². The number of nitrogens with one attached hydrogen (secondary N) is 1. The first-order valence-electron chi connectivity index (χ1n) is 5.03. The molecule has 2 rings (SSSR count). The van der Waals surface area contributed by atoms with Crippen LogP contribution in [0.2, 0.25) is 0 Å². The van der Waals surface area contributed by atoms with Crippen molar-refractivity contribution in [1.82, 2.24) is 14.7 Å². The average molecular weight is 205 g/mol. The fraction of sp³-hybridized carbons (Fsp3) is 0.364. The van der Waals surface area contributed by atoms with Gasteiger partial charge < -0.3 is 10.4 Å². The second-order valence-corrected chi connectivity index (χ2v) is 3.75. The summed E-state index contributed by atoms with van der Waals surface area (Å²) in [6.45, 7) is 2.10. The molecule has 1 unspecified atom stereocenters. The summed E-state index contributed by atoms with van der Waals surface area (Å²) < 4.78 is 1.92. The van der Waals surface area contributed by atoms with Crippen LogP contribution in [0.25, 0.3) is 5.52 Å². The number of rotatable bonds is 3. The summed E-state index contributed by atoms with van der Waals surface area (Å²) in [6, 6.07) is 3.90. The minimum atomic E-state index is 0.263. The second kappa shape index (κ2) is 3.90. The van der Waals surface area contributed by atoms with Crippen LogP contribution in [-0.4, -0.2) is 27.6 Å². The van der Waals surface area contributed by atoms with Crippen LogP contribution in [0.3, 0.4) is 0 Å². The van der Waals surface area contributed by atoms with Gasteiger partial charge in [0.15, 0.2) is 0 Å². The monoisotopic (exact) mass is 205 g/mol. The molecule has 0 fully saturated rings. The molecule has 0 spiro atoms. The molecule has 2 aromatic rings. The molecule has 15 heavy (non-hydrogen) atoms. The summed E-state index contributed by atoms with van der Waals surface area (Å²) in [4.78, 5) is 4.34. The summed E-state index contributed by atoms with van der Waals surface area (Å²) in [5.74, 6) is 1.22. The highest BCUT2D eigenvalue weighted by atomic mass is 16.3. The van der Waals surface area contributed by atoms with Crippen molar-refractivity contribution >= 4 is 5.52 Å². The number of hydrogen-bond donors (Lipinski definition) is 2. The van der Waals surface area contributed by atoms with Crippen molar-refractivity contribution in [3.05, 3.63) is 30.4 Å². The van der Waals surface area contributed by atoms with Crippen LogP contribution in [0.5, 0.6) is 5.75 Å². The number of imidazole rings is 1. The Morgan fingerprint density at radius 2 is 2.33 bits per heavy atom. The van der Waals surface area contributed by atoms with Gasteiger partial charge in [-0.05, 0) is 26.1 Å². The third-order valence-electron chi connectivity index (χ3n) is 2.57. The molecule has 1 atom stereocenters. The van der Waals surface area contributed by atoms with E-state index in [9.17, 15) is 5.11 Å². The van der Waals surface area contributed by atoms with Gasteiger partial charge in [0.05, 0.1) is 17.9 Å². The molecule has 2 N–H and O–H groups in total. The molecule has 0 saturated heterocycles. The minimum Gasteiger partial charge on any atom is -0.506 e. The zero-order valence-corrected chi connectivity index (χ0v) is 8.94. The molecular weight excluding hydrogens is 190 g/mol. The third kappa shape index (κ3) is 1.94. The van der Waals surface area contributed by atoms with E-state index in [0.717, 1.165) is 17.8 Å². The molecule has 4 nitrogen and oxygen atoms in total. The van der Waals surface area contributed by atoms with Crippen molar-refractivity contribution in [3.8, 4) is 5.75 Å². The number of likely N-dealkylation sites (N-methyl/N-ethyl adjacent to an activating group) is 1. The Bertz CT molecular complexity index is 464. The Kier molecular flexibility index (Phi) is 2.60. The highest BCUT2D eigenvalue weighted by Gasteiger charge is 2.07. The summed E-state index contributed by atoms with van der Waals surface area (Å²) in [5.41, 5.74) is 1.01. The molecule has 0 bridgehead atoms. The highest BCUT2D eigenvalue weighted by molar-refractivity contribution is 5.48. The van der Waals surface area contributed by atoms with Gasteiger partial charge in [0, 0.05) is 12.5 Å². The van der Waals surface area contributed by atoms with Gasteiger partial charge in [-0.3, -0.25) is 4.40 Å². The number of aromatic hydroxyl groups is 1. The van der Waals surface area contributed by atoms with Crippen LogP contribution in [0.4, 0.5) is 0 Å². The van der Waals surface area contributed by atoms with E-state index in [1.165, 1.54) is 0 Å². The van der Waals surface area contributed by atoms with E-state index in [0.29, 0.717) is 6.04 Å². The fourth-order valence-corrected chi connectivity index (χ4v) is 1.56. The van der Waals surface area contributed by atoms with Gasteiger partial charge in [-0.2, -0.15) is 0 Å². The molecule has 0 aromatic carbocycles. The molecule has 0 aliphatic rings. The van der Waals surface area contributed by atoms with E-state index in [2.05, 4.69) is 17.2 Å². The van der Waals surface area contributed by atoms with Crippen LogP contribution < -0.4 is 5.32 Å². The van der Waals surface area contributed by atoms with Crippen molar-refractivity contribution < 1.29 is 5.11 Å². The largest absolute Gasteiger partial charge is 0.506 e. The first-order valence-corrected chi connectivity index (χ1v) is 5.03. The van der Waals surface area contributed by atoms with E-state index in [4.69, 9.17) is 0 Å². The predicted molar refractivity (Wildman–Crippen MR) is 59.1 cm³/mol. The Hall–Kier alpha value is -1.55. The quantitative estimate of drug-likeness (QED) is 0.791. The number of aromatic nitrogens is 2.